The molecule has 1 fully saturated rings. The zero-order valence-electron chi connectivity index (χ0n) is 18.7. The van der Waals surface area contributed by atoms with E-state index in [1.165, 1.54) is 18.5 Å². The summed E-state index contributed by atoms with van der Waals surface area (Å²) >= 11 is -1.29. The molecule has 0 saturated carbocycles. The van der Waals surface area contributed by atoms with Crippen LogP contribution in [0.5, 0.6) is 0 Å². The van der Waals surface area contributed by atoms with Crippen LogP contribution in [0.2, 0.25) is 0 Å². The van der Waals surface area contributed by atoms with Crippen molar-refractivity contribution in [2.75, 3.05) is 19.3 Å². The average molecular weight is 490 g/mol. The largest absolute Gasteiger partial charge is 0.612 e. The number of nitrogens with zero attached hydrogens (tertiary/aromatic N) is 7. The summed E-state index contributed by atoms with van der Waals surface area (Å²) in [6, 6.07) is 11.3. The topological polar surface area (TPSA) is 123 Å². The molecule has 1 aliphatic heterocycles. The zero-order valence-corrected chi connectivity index (χ0v) is 19.5. The van der Waals surface area contributed by atoms with Gasteiger partial charge in [-0.3, -0.25) is 9.36 Å². The van der Waals surface area contributed by atoms with Gasteiger partial charge in [0.05, 0.1) is 23.1 Å². The molecule has 2 aromatic carbocycles. The lowest BCUT2D eigenvalue weighted by molar-refractivity contribution is 0.0791. The van der Waals surface area contributed by atoms with Crippen LogP contribution in [0, 0.1) is 5.82 Å². The number of likely N-dealkylation sites (tertiary alicyclic amines) is 1. The molecule has 2 unspecified atom stereocenters. The van der Waals surface area contributed by atoms with Crippen LogP contribution in [0.3, 0.4) is 0 Å². The number of aromatic nitrogens is 3. The fraction of sp³-hybridized carbons (Fsp3) is 0.208. The molecule has 5 rings (SSSR count). The molecule has 11 heteroatoms. The van der Waals surface area contributed by atoms with Crippen molar-refractivity contribution >= 4 is 28.0 Å². The lowest BCUT2D eigenvalue weighted by atomic mass is 10.1. The molecule has 0 aliphatic carbocycles. The Balaban J connectivity index is 1.53. The third kappa shape index (κ3) is 4.32. The monoisotopic (exact) mass is 489 g/mol. The average Bonchev–Trinajstić information content (AvgIpc) is 3.49. The van der Waals surface area contributed by atoms with Crippen LogP contribution >= 0.6 is 0 Å². The summed E-state index contributed by atoms with van der Waals surface area (Å²) in [6.45, 7) is 0.874. The van der Waals surface area contributed by atoms with Gasteiger partial charge in [-0.15, -0.1) is 0 Å². The summed E-state index contributed by atoms with van der Waals surface area (Å²) in [7, 11) is 0. The number of benzene rings is 2. The molecular formula is C24H20FN7O2S. The highest BCUT2D eigenvalue weighted by Gasteiger charge is 2.27. The van der Waals surface area contributed by atoms with Gasteiger partial charge in [0.2, 0.25) is 5.95 Å². The van der Waals surface area contributed by atoms with E-state index in [2.05, 4.69) is 20.0 Å². The smallest absolute Gasteiger partial charge is 0.253 e. The number of azide groups is 1. The van der Waals surface area contributed by atoms with Gasteiger partial charge < -0.3 is 9.45 Å². The van der Waals surface area contributed by atoms with Gasteiger partial charge in [0.1, 0.15) is 12.1 Å². The first-order valence-electron chi connectivity index (χ1n) is 10.9. The van der Waals surface area contributed by atoms with E-state index in [0.717, 1.165) is 5.39 Å². The normalized spacial score (nSPS) is 16.3. The molecule has 35 heavy (non-hydrogen) atoms. The maximum Gasteiger partial charge on any atom is 0.253 e. The summed E-state index contributed by atoms with van der Waals surface area (Å²) in [4.78, 5) is 27.0. The standard InChI is InChI=1S/C24H20FN7O2S/c1-35(34)22-14-32(24-27-11-16(12-28-24)18-4-2-3-5-20(18)25)21-10-15(6-7-19(21)22)23(33)31-9-8-17(13-31)29-30-26/h2-7,10-12,14,17H,8-9,13H2,1H3. The van der Waals surface area contributed by atoms with Gasteiger partial charge in [-0.2, -0.15) is 0 Å². The van der Waals surface area contributed by atoms with Gasteiger partial charge in [0, 0.05) is 47.1 Å². The van der Waals surface area contributed by atoms with Gasteiger partial charge in [-0.25, -0.2) is 14.4 Å². The Morgan fingerprint density at radius 1 is 1.26 bits per heavy atom. The first kappa shape index (κ1) is 22.9. The summed E-state index contributed by atoms with van der Waals surface area (Å²) in [5.41, 5.74) is 10.7. The molecule has 1 aliphatic rings. The van der Waals surface area contributed by atoms with E-state index in [1.54, 1.807) is 58.3 Å². The minimum Gasteiger partial charge on any atom is -0.612 e. The molecule has 3 heterocycles. The highest BCUT2D eigenvalue weighted by Crippen LogP contribution is 2.30. The van der Waals surface area contributed by atoms with Crippen molar-refractivity contribution in [2.45, 2.75) is 17.4 Å². The maximum atomic E-state index is 14.2. The van der Waals surface area contributed by atoms with Gasteiger partial charge in [-0.1, -0.05) is 23.3 Å². The maximum absolute atomic E-state index is 14.2. The number of hydrogen-bond donors (Lipinski definition) is 0. The van der Waals surface area contributed by atoms with Crippen LogP contribution in [0.25, 0.3) is 38.4 Å². The van der Waals surface area contributed by atoms with E-state index in [-0.39, 0.29) is 17.8 Å². The molecule has 1 saturated heterocycles. The molecule has 4 aromatic rings. The number of rotatable bonds is 5. The molecule has 0 N–H and O–H groups in total. The summed E-state index contributed by atoms with van der Waals surface area (Å²) in [6.07, 6.45) is 6.96. The predicted molar refractivity (Wildman–Crippen MR) is 130 cm³/mol. The third-order valence-electron chi connectivity index (χ3n) is 6.03. The van der Waals surface area contributed by atoms with Crippen molar-refractivity contribution in [2.24, 2.45) is 5.11 Å². The summed E-state index contributed by atoms with van der Waals surface area (Å²) in [5.74, 6) is -0.238. The third-order valence-corrected chi connectivity index (χ3v) is 6.97. The van der Waals surface area contributed by atoms with E-state index in [0.29, 0.717) is 52.6 Å². The van der Waals surface area contributed by atoms with Crippen LogP contribution in [-0.2, 0) is 11.2 Å². The fourth-order valence-electron chi connectivity index (χ4n) is 4.28. The number of halogens is 1. The van der Waals surface area contributed by atoms with Crippen LogP contribution in [-0.4, -0.2) is 55.3 Å². The molecule has 176 valence electrons. The molecule has 9 nitrogen and oxygen atoms in total. The Labute approximate surface area is 203 Å². The number of amides is 1. The minimum absolute atomic E-state index is 0.176. The molecule has 2 aromatic heterocycles. The quantitative estimate of drug-likeness (QED) is 0.177. The van der Waals surface area contributed by atoms with E-state index >= 15 is 0 Å². The van der Waals surface area contributed by atoms with Crippen molar-refractivity contribution in [3.05, 3.63) is 82.9 Å². The van der Waals surface area contributed by atoms with Crippen molar-refractivity contribution in [3.63, 3.8) is 0 Å². The van der Waals surface area contributed by atoms with Crippen molar-refractivity contribution < 1.29 is 13.7 Å². The Bertz CT molecular complexity index is 1460. The number of carbonyl (C=O) groups excluding carboxylic acids is 1. The van der Waals surface area contributed by atoms with E-state index in [1.807, 2.05) is 0 Å². The summed E-state index contributed by atoms with van der Waals surface area (Å²) in [5, 5.41) is 4.44. The second kappa shape index (κ2) is 9.38. The molecule has 0 radical (unpaired) electrons. The highest BCUT2D eigenvalue weighted by molar-refractivity contribution is 7.91. The number of fused-ring (bicyclic) bond motifs is 1. The number of carbonyl (C=O) groups is 1. The Morgan fingerprint density at radius 3 is 2.74 bits per heavy atom. The molecule has 1 amide bonds. The van der Waals surface area contributed by atoms with Crippen molar-refractivity contribution in [3.8, 4) is 17.1 Å². The van der Waals surface area contributed by atoms with Crippen LogP contribution < -0.4 is 0 Å². The molecular weight excluding hydrogens is 469 g/mol. The SMILES string of the molecule is C[S+]([O-])c1cn(-c2ncc(-c3ccccc3F)cn2)c2cc(C(=O)N3CCC(N=[N+]=[N-])C3)ccc12. The first-order valence-corrected chi connectivity index (χ1v) is 12.4. The van der Waals surface area contributed by atoms with Crippen LogP contribution in [0.1, 0.15) is 16.8 Å². The van der Waals surface area contributed by atoms with Crippen LogP contribution in [0.4, 0.5) is 4.39 Å². The van der Waals surface area contributed by atoms with E-state index < -0.39 is 11.2 Å². The first-order chi connectivity index (χ1) is 17.0. The fourth-order valence-corrected chi connectivity index (χ4v) is 5.02. The Morgan fingerprint density at radius 2 is 2.03 bits per heavy atom. The van der Waals surface area contributed by atoms with Gasteiger partial charge in [0.15, 0.2) is 4.90 Å². The second-order valence-corrected chi connectivity index (χ2v) is 9.55. The molecule has 2 atom stereocenters. The predicted octanol–water partition coefficient (Wildman–Crippen LogP) is 4.49. The number of hydrogen-bond acceptors (Lipinski definition) is 5. The van der Waals surface area contributed by atoms with Crippen molar-refractivity contribution in [1.29, 1.82) is 0 Å². The van der Waals surface area contributed by atoms with Gasteiger partial charge in [0.25, 0.3) is 5.91 Å². The zero-order chi connectivity index (χ0) is 24.5. The van der Waals surface area contributed by atoms with Gasteiger partial charge >= 0.3 is 0 Å². The Hall–Kier alpha value is -3.92. The van der Waals surface area contributed by atoms with Gasteiger partial charge in [-0.05, 0) is 47.4 Å². The lowest BCUT2D eigenvalue weighted by Gasteiger charge is -2.16. The second-order valence-electron chi connectivity index (χ2n) is 8.20. The molecule has 0 spiro atoms. The lowest BCUT2D eigenvalue weighted by Crippen LogP contribution is -2.29. The Kier molecular flexibility index (Phi) is 6.12. The van der Waals surface area contributed by atoms with E-state index in [9.17, 15) is 13.7 Å². The van der Waals surface area contributed by atoms with Crippen molar-refractivity contribution in [1.82, 2.24) is 19.4 Å². The van der Waals surface area contributed by atoms with Crippen LogP contribution in [0.15, 0.2) is 71.1 Å². The molecule has 0 bridgehead atoms. The van der Waals surface area contributed by atoms with E-state index in [4.69, 9.17) is 5.53 Å². The minimum atomic E-state index is -1.29. The summed E-state index contributed by atoms with van der Waals surface area (Å²) < 4.78 is 28.2. The highest BCUT2D eigenvalue weighted by atomic mass is 32.2.